The molecule has 2 aromatic rings. The van der Waals surface area contributed by atoms with Gasteiger partial charge in [-0.25, -0.2) is 4.68 Å². The van der Waals surface area contributed by atoms with Crippen molar-refractivity contribution >= 4 is 5.69 Å². The fourth-order valence-corrected chi connectivity index (χ4v) is 1.61. The van der Waals surface area contributed by atoms with Gasteiger partial charge in [0.1, 0.15) is 11.4 Å². The Balaban J connectivity index is 2.56. The minimum absolute atomic E-state index is 0.208. The molecule has 1 aromatic carbocycles. The summed E-state index contributed by atoms with van der Waals surface area (Å²) in [6, 6.07) is 6.00. The Morgan fingerprint density at radius 3 is 2.70 bits per heavy atom. The lowest BCUT2D eigenvalue weighted by molar-refractivity contribution is -0.384. The van der Waals surface area contributed by atoms with Crippen LogP contribution in [0, 0.1) is 21.4 Å². The number of nitro groups is 1. The molecule has 0 aliphatic carbocycles. The lowest BCUT2D eigenvalue weighted by atomic mass is 10.0. The van der Waals surface area contributed by atoms with Crippen molar-refractivity contribution in [2.45, 2.75) is 19.4 Å². The number of rotatable bonds is 3. The number of hydrogen-bond acceptors (Lipinski definition) is 6. The molecule has 1 aromatic heterocycles. The zero-order chi connectivity index (χ0) is 14.9. The van der Waals surface area contributed by atoms with Crippen molar-refractivity contribution in [3.05, 3.63) is 45.8 Å². The largest absolute Gasteiger partial charge is 0.320 e. The predicted molar refractivity (Wildman–Crippen MR) is 69.9 cm³/mol. The number of nitrogens with two attached hydrogens (primary N) is 1. The molecular formula is C12H12N6O2. The van der Waals surface area contributed by atoms with Gasteiger partial charge in [0.25, 0.3) is 5.69 Å². The monoisotopic (exact) mass is 272 g/mol. The van der Waals surface area contributed by atoms with Gasteiger partial charge in [0, 0.05) is 6.07 Å². The van der Waals surface area contributed by atoms with Crippen LogP contribution in [0.4, 0.5) is 5.69 Å². The van der Waals surface area contributed by atoms with E-state index in [0.717, 1.165) is 0 Å². The summed E-state index contributed by atoms with van der Waals surface area (Å²) >= 11 is 0. The van der Waals surface area contributed by atoms with E-state index in [-0.39, 0.29) is 16.9 Å². The van der Waals surface area contributed by atoms with Crippen LogP contribution in [0.15, 0.2) is 24.4 Å². The van der Waals surface area contributed by atoms with E-state index in [1.807, 2.05) is 6.07 Å². The summed E-state index contributed by atoms with van der Waals surface area (Å²) in [4.78, 5) is 10.5. The van der Waals surface area contributed by atoms with Crippen molar-refractivity contribution in [1.82, 2.24) is 15.0 Å². The standard InChI is InChI=1S/C12H12N6O2/c1-12(2,14)11-7-17(16-15-11)9-4-3-8(6-13)5-10(9)18(19)20/h3-5,7H,14H2,1-2H3. The molecule has 8 nitrogen and oxygen atoms in total. The molecule has 0 atom stereocenters. The second-order valence-corrected chi connectivity index (χ2v) is 4.84. The molecule has 0 saturated heterocycles. The highest BCUT2D eigenvalue weighted by Gasteiger charge is 2.22. The van der Waals surface area contributed by atoms with Crippen molar-refractivity contribution in [3.8, 4) is 11.8 Å². The second-order valence-electron chi connectivity index (χ2n) is 4.84. The van der Waals surface area contributed by atoms with Gasteiger partial charge in [-0.15, -0.1) is 5.10 Å². The molecular weight excluding hydrogens is 260 g/mol. The first-order chi connectivity index (χ1) is 9.32. The van der Waals surface area contributed by atoms with Gasteiger partial charge in [0.15, 0.2) is 0 Å². The van der Waals surface area contributed by atoms with Crippen LogP contribution in [0.25, 0.3) is 5.69 Å². The minimum Gasteiger partial charge on any atom is -0.320 e. The SMILES string of the molecule is CC(C)(N)c1cn(-c2ccc(C#N)cc2[N+](=O)[O-])nn1. The van der Waals surface area contributed by atoms with Crippen LogP contribution < -0.4 is 5.73 Å². The summed E-state index contributed by atoms with van der Waals surface area (Å²) < 4.78 is 1.28. The van der Waals surface area contributed by atoms with E-state index in [2.05, 4.69) is 10.3 Å². The molecule has 0 unspecified atom stereocenters. The van der Waals surface area contributed by atoms with Crippen molar-refractivity contribution < 1.29 is 4.92 Å². The van der Waals surface area contributed by atoms with E-state index in [9.17, 15) is 10.1 Å². The molecule has 2 rings (SSSR count). The van der Waals surface area contributed by atoms with Gasteiger partial charge >= 0.3 is 0 Å². The molecule has 0 bridgehead atoms. The summed E-state index contributed by atoms with van der Waals surface area (Å²) in [5.41, 5.74) is 5.94. The lowest BCUT2D eigenvalue weighted by Gasteiger charge is -2.13. The highest BCUT2D eigenvalue weighted by molar-refractivity contribution is 5.56. The molecule has 0 spiro atoms. The maximum Gasteiger partial charge on any atom is 0.296 e. The van der Waals surface area contributed by atoms with E-state index < -0.39 is 10.5 Å². The first-order valence-corrected chi connectivity index (χ1v) is 5.73. The van der Waals surface area contributed by atoms with Crippen LogP contribution in [-0.2, 0) is 5.54 Å². The fraction of sp³-hybridized carbons (Fsp3) is 0.250. The van der Waals surface area contributed by atoms with Crippen LogP contribution >= 0.6 is 0 Å². The minimum atomic E-state index is -0.695. The first-order valence-electron chi connectivity index (χ1n) is 5.73. The van der Waals surface area contributed by atoms with E-state index in [4.69, 9.17) is 11.0 Å². The maximum absolute atomic E-state index is 11.1. The number of hydrogen-bond donors (Lipinski definition) is 1. The molecule has 0 amide bonds. The molecule has 2 N–H and O–H groups in total. The van der Waals surface area contributed by atoms with E-state index in [1.54, 1.807) is 13.8 Å². The topological polar surface area (TPSA) is 124 Å². The molecule has 8 heteroatoms. The number of aromatic nitrogens is 3. The molecule has 0 aliphatic heterocycles. The molecule has 0 fully saturated rings. The van der Waals surface area contributed by atoms with Gasteiger partial charge in [0.2, 0.25) is 0 Å². The van der Waals surface area contributed by atoms with Gasteiger partial charge in [-0.3, -0.25) is 10.1 Å². The van der Waals surface area contributed by atoms with Crippen molar-refractivity contribution in [3.63, 3.8) is 0 Å². The van der Waals surface area contributed by atoms with Crippen LogP contribution in [0.3, 0.4) is 0 Å². The van der Waals surface area contributed by atoms with E-state index in [1.165, 1.54) is 29.1 Å². The quantitative estimate of drug-likeness (QED) is 0.662. The van der Waals surface area contributed by atoms with Gasteiger partial charge in [-0.1, -0.05) is 5.21 Å². The third-order valence-corrected chi connectivity index (χ3v) is 2.70. The maximum atomic E-state index is 11.1. The van der Waals surface area contributed by atoms with Crippen LogP contribution in [0.1, 0.15) is 25.1 Å². The molecule has 20 heavy (non-hydrogen) atoms. The Morgan fingerprint density at radius 1 is 1.50 bits per heavy atom. The summed E-state index contributed by atoms with van der Waals surface area (Å²) in [6.45, 7) is 3.52. The molecule has 0 saturated carbocycles. The van der Waals surface area contributed by atoms with Crippen molar-refractivity contribution in [2.24, 2.45) is 5.73 Å². The highest BCUT2D eigenvalue weighted by Crippen LogP contribution is 2.24. The Hall–Kier alpha value is -2.79. The van der Waals surface area contributed by atoms with Crippen molar-refractivity contribution in [2.75, 3.05) is 0 Å². The second kappa shape index (κ2) is 4.71. The number of nitrogens with zero attached hydrogens (tertiary/aromatic N) is 5. The molecule has 102 valence electrons. The number of benzene rings is 1. The Bertz CT molecular complexity index is 707. The zero-order valence-electron chi connectivity index (χ0n) is 10.9. The normalized spacial score (nSPS) is 11.1. The first kappa shape index (κ1) is 13.6. The van der Waals surface area contributed by atoms with Crippen LogP contribution in [0.5, 0.6) is 0 Å². The fourth-order valence-electron chi connectivity index (χ4n) is 1.61. The number of nitriles is 1. The molecule has 0 aliphatic rings. The zero-order valence-corrected chi connectivity index (χ0v) is 10.9. The lowest BCUT2D eigenvalue weighted by Crippen LogP contribution is -2.29. The molecule has 1 heterocycles. The van der Waals surface area contributed by atoms with Gasteiger partial charge in [-0.05, 0) is 26.0 Å². The van der Waals surface area contributed by atoms with Gasteiger partial charge in [0.05, 0.1) is 28.3 Å². The average molecular weight is 272 g/mol. The van der Waals surface area contributed by atoms with E-state index >= 15 is 0 Å². The molecule has 0 radical (unpaired) electrons. The Labute approximate surface area is 114 Å². The summed E-state index contributed by atoms with van der Waals surface area (Å²) in [5.74, 6) is 0. The number of nitro benzene ring substituents is 1. The van der Waals surface area contributed by atoms with Gasteiger partial charge < -0.3 is 5.73 Å². The summed E-state index contributed by atoms with van der Waals surface area (Å²) in [5, 5.41) is 27.6. The van der Waals surface area contributed by atoms with Crippen LogP contribution in [-0.4, -0.2) is 19.9 Å². The predicted octanol–water partition coefficient (Wildman–Crippen LogP) is 1.24. The highest BCUT2D eigenvalue weighted by atomic mass is 16.6. The average Bonchev–Trinajstić information content (AvgIpc) is 2.87. The van der Waals surface area contributed by atoms with Crippen molar-refractivity contribution in [1.29, 1.82) is 5.26 Å². The summed E-state index contributed by atoms with van der Waals surface area (Å²) in [6.07, 6.45) is 1.54. The van der Waals surface area contributed by atoms with Gasteiger partial charge in [-0.2, -0.15) is 5.26 Å². The smallest absolute Gasteiger partial charge is 0.296 e. The Kier molecular flexibility index (Phi) is 3.21. The van der Waals surface area contributed by atoms with Crippen LogP contribution in [0.2, 0.25) is 0 Å². The summed E-state index contributed by atoms with van der Waals surface area (Å²) in [7, 11) is 0. The third kappa shape index (κ3) is 2.48. The Morgan fingerprint density at radius 2 is 2.20 bits per heavy atom. The third-order valence-electron chi connectivity index (χ3n) is 2.70. The van der Waals surface area contributed by atoms with E-state index in [0.29, 0.717) is 5.69 Å².